The molecule has 2 aromatic carbocycles. The Hall–Kier alpha value is -5.00. The van der Waals surface area contributed by atoms with E-state index in [-0.39, 0.29) is 18.2 Å². The first-order chi connectivity index (χ1) is 18.4. The molecule has 4 heterocycles. The summed E-state index contributed by atoms with van der Waals surface area (Å²) in [4.78, 5) is 33.6. The fraction of sp³-hybridized carbons (Fsp3) is 0.231. The van der Waals surface area contributed by atoms with E-state index in [1.165, 1.54) is 4.68 Å². The van der Waals surface area contributed by atoms with Gasteiger partial charge >= 0.3 is 11.7 Å². The van der Waals surface area contributed by atoms with Crippen LogP contribution in [0.5, 0.6) is 0 Å². The van der Waals surface area contributed by atoms with Crippen molar-refractivity contribution in [1.82, 2.24) is 43.2 Å². The van der Waals surface area contributed by atoms with Crippen molar-refractivity contribution in [1.29, 1.82) is 0 Å². The Balaban J connectivity index is 1.50. The van der Waals surface area contributed by atoms with Crippen molar-refractivity contribution < 1.29 is 9.53 Å². The number of imidazole rings is 3. The van der Waals surface area contributed by atoms with Crippen LogP contribution in [0.3, 0.4) is 0 Å². The highest BCUT2D eigenvalue weighted by Gasteiger charge is 2.19. The predicted molar refractivity (Wildman–Crippen MR) is 141 cm³/mol. The number of aromatic nitrogens is 9. The number of esters is 1. The standard InChI is InChI=1S/C26H25N9O3/c1-5-38-24(36)14-34-13-19(29-30-34)16-6-8-20-18(10-16)28-25(23-12-27-15-31(23)2)35(20)17-7-9-21-22(11-17)33(4)26(37)32(21)3/h6-13,15H,5,14H2,1-4H3. The Labute approximate surface area is 216 Å². The quantitative estimate of drug-likeness (QED) is 0.315. The van der Waals surface area contributed by atoms with E-state index in [1.807, 2.05) is 48.0 Å². The Morgan fingerprint density at radius 2 is 1.79 bits per heavy atom. The van der Waals surface area contributed by atoms with Crippen LogP contribution in [-0.4, -0.2) is 55.8 Å². The van der Waals surface area contributed by atoms with Gasteiger partial charge in [0.2, 0.25) is 0 Å². The van der Waals surface area contributed by atoms with Crippen molar-refractivity contribution in [3.63, 3.8) is 0 Å². The number of fused-ring (bicyclic) bond motifs is 2. The average Bonchev–Trinajstić information content (AvgIpc) is 3.67. The average molecular weight is 512 g/mol. The van der Waals surface area contributed by atoms with Crippen LogP contribution in [0.25, 0.3) is 50.5 Å². The number of carbonyl (C=O) groups is 1. The van der Waals surface area contributed by atoms with Crippen molar-refractivity contribution in [3.8, 4) is 28.5 Å². The van der Waals surface area contributed by atoms with E-state index in [4.69, 9.17) is 9.72 Å². The van der Waals surface area contributed by atoms with E-state index in [2.05, 4.69) is 19.9 Å². The van der Waals surface area contributed by atoms with Gasteiger partial charge in [-0.15, -0.1) is 5.10 Å². The van der Waals surface area contributed by atoms with Gasteiger partial charge in [0, 0.05) is 32.4 Å². The summed E-state index contributed by atoms with van der Waals surface area (Å²) in [6.07, 6.45) is 5.22. The van der Waals surface area contributed by atoms with Gasteiger partial charge in [-0.05, 0) is 37.3 Å². The van der Waals surface area contributed by atoms with Crippen LogP contribution in [-0.2, 0) is 37.2 Å². The third-order valence-electron chi connectivity index (χ3n) is 6.64. The van der Waals surface area contributed by atoms with Gasteiger partial charge in [0.1, 0.15) is 17.9 Å². The first kappa shape index (κ1) is 23.4. The minimum absolute atomic E-state index is 0.00713. The molecule has 0 saturated heterocycles. The summed E-state index contributed by atoms with van der Waals surface area (Å²) in [6.45, 7) is 2.07. The number of hydrogen-bond acceptors (Lipinski definition) is 7. The van der Waals surface area contributed by atoms with Crippen molar-refractivity contribution in [2.75, 3.05) is 6.61 Å². The fourth-order valence-electron chi connectivity index (χ4n) is 4.73. The molecule has 0 N–H and O–H groups in total. The number of aryl methyl sites for hydroxylation is 3. The molecule has 12 heteroatoms. The van der Waals surface area contributed by atoms with Crippen LogP contribution in [0.4, 0.5) is 0 Å². The van der Waals surface area contributed by atoms with Gasteiger partial charge in [-0.3, -0.25) is 18.5 Å². The number of rotatable bonds is 6. The molecule has 6 rings (SSSR count). The summed E-state index contributed by atoms with van der Waals surface area (Å²) < 4.78 is 13.7. The Kier molecular flexibility index (Phi) is 5.44. The Morgan fingerprint density at radius 1 is 1.00 bits per heavy atom. The van der Waals surface area contributed by atoms with Crippen molar-refractivity contribution in [2.24, 2.45) is 21.1 Å². The maximum atomic E-state index is 12.5. The van der Waals surface area contributed by atoms with Gasteiger partial charge in [0.15, 0.2) is 5.82 Å². The van der Waals surface area contributed by atoms with E-state index in [0.29, 0.717) is 18.1 Å². The van der Waals surface area contributed by atoms with E-state index in [1.54, 1.807) is 48.9 Å². The third kappa shape index (κ3) is 3.69. The normalized spacial score (nSPS) is 11.6. The van der Waals surface area contributed by atoms with E-state index in [0.717, 1.165) is 39.0 Å². The topological polar surface area (TPSA) is 120 Å². The number of ether oxygens (including phenoxy) is 1. The molecule has 38 heavy (non-hydrogen) atoms. The smallest absolute Gasteiger partial charge is 0.328 e. The Bertz CT molecular complexity index is 1900. The van der Waals surface area contributed by atoms with E-state index < -0.39 is 0 Å². The predicted octanol–water partition coefficient (Wildman–Crippen LogP) is 2.44. The lowest BCUT2D eigenvalue weighted by Gasteiger charge is -2.10. The van der Waals surface area contributed by atoms with Crippen LogP contribution >= 0.6 is 0 Å². The molecule has 0 amide bonds. The van der Waals surface area contributed by atoms with Gasteiger partial charge < -0.3 is 9.30 Å². The van der Waals surface area contributed by atoms with Crippen LogP contribution in [0.15, 0.2) is 59.9 Å². The van der Waals surface area contributed by atoms with Crippen molar-refractivity contribution in [2.45, 2.75) is 13.5 Å². The van der Waals surface area contributed by atoms with Gasteiger partial charge in [-0.2, -0.15) is 0 Å². The molecule has 0 aliphatic heterocycles. The van der Waals surface area contributed by atoms with Gasteiger partial charge in [0.25, 0.3) is 0 Å². The largest absolute Gasteiger partial charge is 0.465 e. The molecule has 0 fully saturated rings. The fourth-order valence-corrected chi connectivity index (χ4v) is 4.73. The monoisotopic (exact) mass is 511 g/mol. The minimum Gasteiger partial charge on any atom is -0.465 e. The van der Waals surface area contributed by atoms with Crippen LogP contribution in [0.2, 0.25) is 0 Å². The summed E-state index contributed by atoms with van der Waals surface area (Å²) in [5.41, 5.74) is 6.35. The summed E-state index contributed by atoms with van der Waals surface area (Å²) in [7, 11) is 5.45. The Morgan fingerprint density at radius 3 is 2.55 bits per heavy atom. The molecule has 12 nitrogen and oxygen atoms in total. The first-order valence-corrected chi connectivity index (χ1v) is 12.1. The van der Waals surface area contributed by atoms with Crippen LogP contribution < -0.4 is 5.69 Å². The minimum atomic E-state index is -0.369. The molecule has 6 aromatic rings. The molecule has 192 valence electrons. The summed E-state index contributed by atoms with van der Waals surface area (Å²) in [5, 5.41) is 8.30. The SMILES string of the molecule is CCOC(=O)Cn1cc(-c2ccc3c(c2)nc(-c2cncn2C)n3-c2ccc3c(c2)n(C)c(=O)n3C)nn1. The second-order valence-corrected chi connectivity index (χ2v) is 9.04. The molecular formula is C26H25N9O3. The summed E-state index contributed by atoms with van der Waals surface area (Å²) in [6, 6.07) is 11.8. The van der Waals surface area contributed by atoms with Crippen LogP contribution in [0, 0.1) is 0 Å². The first-order valence-electron chi connectivity index (χ1n) is 12.1. The lowest BCUT2D eigenvalue weighted by Crippen LogP contribution is -2.19. The molecule has 0 radical (unpaired) electrons. The lowest BCUT2D eigenvalue weighted by atomic mass is 10.1. The number of benzene rings is 2. The summed E-state index contributed by atoms with van der Waals surface area (Å²) in [5.74, 6) is 0.343. The second-order valence-electron chi connectivity index (χ2n) is 9.04. The molecule has 0 bridgehead atoms. The van der Waals surface area contributed by atoms with Gasteiger partial charge in [-0.25, -0.2) is 19.4 Å². The highest BCUT2D eigenvalue weighted by Crippen LogP contribution is 2.32. The van der Waals surface area contributed by atoms with Gasteiger partial charge in [-0.1, -0.05) is 11.3 Å². The zero-order chi connectivity index (χ0) is 26.6. The van der Waals surface area contributed by atoms with E-state index in [9.17, 15) is 9.59 Å². The van der Waals surface area contributed by atoms with Crippen LogP contribution in [0.1, 0.15) is 6.92 Å². The van der Waals surface area contributed by atoms with E-state index >= 15 is 0 Å². The number of hydrogen-bond donors (Lipinski definition) is 0. The number of carbonyl (C=O) groups excluding carboxylic acids is 1. The van der Waals surface area contributed by atoms with Crippen molar-refractivity contribution >= 4 is 28.0 Å². The van der Waals surface area contributed by atoms with Crippen molar-refractivity contribution in [3.05, 3.63) is 65.6 Å². The number of nitrogens with zero attached hydrogens (tertiary/aromatic N) is 9. The molecule has 0 atom stereocenters. The molecule has 0 aliphatic carbocycles. The molecule has 0 spiro atoms. The third-order valence-corrected chi connectivity index (χ3v) is 6.64. The highest BCUT2D eigenvalue weighted by molar-refractivity contribution is 5.88. The molecule has 4 aromatic heterocycles. The zero-order valence-corrected chi connectivity index (χ0v) is 21.4. The maximum Gasteiger partial charge on any atom is 0.328 e. The lowest BCUT2D eigenvalue weighted by molar-refractivity contribution is -0.144. The highest BCUT2D eigenvalue weighted by atomic mass is 16.5. The molecular weight excluding hydrogens is 486 g/mol. The molecule has 0 aliphatic rings. The zero-order valence-electron chi connectivity index (χ0n) is 21.4. The van der Waals surface area contributed by atoms with Gasteiger partial charge in [0.05, 0.1) is 47.4 Å². The summed E-state index contributed by atoms with van der Waals surface area (Å²) >= 11 is 0. The molecule has 0 unspecified atom stereocenters. The maximum absolute atomic E-state index is 12.5. The second kappa shape index (κ2) is 8.83. The molecule has 0 saturated carbocycles.